The summed E-state index contributed by atoms with van der Waals surface area (Å²) < 4.78 is 15.5. The number of aromatic carboxylic acids is 1. The van der Waals surface area contributed by atoms with Crippen molar-refractivity contribution in [3.63, 3.8) is 0 Å². The van der Waals surface area contributed by atoms with E-state index in [0.717, 1.165) is 8.66 Å². The molecule has 106 valence electrons. The van der Waals surface area contributed by atoms with Crippen molar-refractivity contribution in [2.45, 2.75) is 0 Å². The Kier molecular flexibility index (Phi) is 3.60. The van der Waals surface area contributed by atoms with E-state index in [2.05, 4.69) is 21.0 Å². The highest BCUT2D eigenvalue weighted by Gasteiger charge is 2.19. The van der Waals surface area contributed by atoms with Crippen LogP contribution in [0.4, 0.5) is 4.39 Å². The zero-order chi connectivity index (χ0) is 15.0. The molecule has 2 heterocycles. The Morgan fingerprint density at radius 3 is 2.76 bits per heavy atom. The quantitative estimate of drug-likeness (QED) is 0.755. The van der Waals surface area contributed by atoms with Crippen LogP contribution in [0.15, 0.2) is 46.4 Å². The number of hydrogen-bond donors (Lipinski definition) is 1. The molecule has 0 saturated carbocycles. The van der Waals surface area contributed by atoms with Gasteiger partial charge in [0.15, 0.2) is 0 Å². The first-order valence-corrected chi connectivity index (χ1v) is 7.50. The Morgan fingerprint density at radius 2 is 2.14 bits per heavy atom. The molecule has 1 aromatic carbocycles. The molecule has 0 aliphatic rings. The van der Waals surface area contributed by atoms with Gasteiger partial charge in [-0.25, -0.2) is 13.9 Å². The molecule has 2 aromatic heterocycles. The molecule has 0 atom stereocenters. The van der Waals surface area contributed by atoms with Gasteiger partial charge in [-0.3, -0.25) is 0 Å². The fourth-order valence-electron chi connectivity index (χ4n) is 1.90. The average Bonchev–Trinajstić information content (AvgIpc) is 3.04. The van der Waals surface area contributed by atoms with E-state index in [-0.39, 0.29) is 5.56 Å². The molecular weight excluding hydrogens is 359 g/mol. The smallest absolute Gasteiger partial charge is 0.339 e. The largest absolute Gasteiger partial charge is 0.478 e. The maximum absolute atomic E-state index is 13.3. The number of rotatable bonds is 3. The molecule has 0 amide bonds. The molecular formula is C14H8BrFN2O2S. The van der Waals surface area contributed by atoms with Crippen LogP contribution >= 0.6 is 27.3 Å². The van der Waals surface area contributed by atoms with Crippen LogP contribution in [-0.2, 0) is 0 Å². The van der Waals surface area contributed by atoms with Gasteiger partial charge in [0.25, 0.3) is 0 Å². The normalized spacial score (nSPS) is 10.8. The van der Waals surface area contributed by atoms with E-state index in [1.54, 1.807) is 18.2 Å². The molecule has 0 bridgehead atoms. The van der Waals surface area contributed by atoms with Crippen LogP contribution < -0.4 is 0 Å². The Hall–Kier alpha value is -1.99. The van der Waals surface area contributed by atoms with Crippen molar-refractivity contribution in [2.24, 2.45) is 0 Å². The molecule has 7 heteroatoms. The van der Waals surface area contributed by atoms with Crippen molar-refractivity contribution in [2.75, 3.05) is 0 Å². The number of carboxylic acid groups (broad SMARTS) is 1. The summed E-state index contributed by atoms with van der Waals surface area (Å²) >= 11 is 4.73. The Bertz CT molecular complexity index is 828. The van der Waals surface area contributed by atoms with Crippen LogP contribution in [0.1, 0.15) is 10.4 Å². The summed E-state index contributed by atoms with van der Waals surface area (Å²) in [6.45, 7) is 0. The lowest BCUT2D eigenvalue weighted by molar-refractivity contribution is 0.0697. The highest BCUT2D eigenvalue weighted by Crippen LogP contribution is 2.32. The summed E-state index contributed by atoms with van der Waals surface area (Å²) in [5, 5.41) is 13.6. The molecule has 0 radical (unpaired) electrons. The maximum atomic E-state index is 13.3. The molecule has 4 nitrogen and oxygen atoms in total. The average molecular weight is 367 g/mol. The predicted molar refractivity (Wildman–Crippen MR) is 81.5 cm³/mol. The molecule has 0 saturated heterocycles. The number of thiophene rings is 1. The molecule has 1 N–H and O–H groups in total. The number of carbonyl (C=O) groups is 1. The molecule has 0 spiro atoms. The second-order valence-corrected chi connectivity index (χ2v) is 6.69. The minimum atomic E-state index is -1.07. The molecule has 0 aliphatic carbocycles. The van der Waals surface area contributed by atoms with Gasteiger partial charge in [0.2, 0.25) is 0 Å². The van der Waals surface area contributed by atoms with E-state index in [1.165, 1.54) is 34.3 Å². The molecule has 0 fully saturated rings. The van der Waals surface area contributed by atoms with Gasteiger partial charge in [-0.1, -0.05) is 6.07 Å². The van der Waals surface area contributed by atoms with Crippen molar-refractivity contribution < 1.29 is 14.3 Å². The highest BCUT2D eigenvalue weighted by atomic mass is 79.9. The monoisotopic (exact) mass is 366 g/mol. The third-order valence-corrected chi connectivity index (χ3v) is 4.45. The van der Waals surface area contributed by atoms with Crippen LogP contribution in [-0.4, -0.2) is 20.9 Å². The fraction of sp³-hybridized carbons (Fsp3) is 0. The first kappa shape index (κ1) is 14.0. The zero-order valence-electron chi connectivity index (χ0n) is 10.5. The SMILES string of the molecule is O=C(O)c1cn(-c2cccc(F)c2)nc1-c1ccc(Br)s1. The van der Waals surface area contributed by atoms with Crippen molar-refractivity contribution in [3.05, 3.63) is 57.8 Å². The lowest BCUT2D eigenvalue weighted by Gasteiger charge is -2.00. The highest BCUT2D eigenvalue weighted by molar-refractivity contribution is 9.11. The third-order valence-electron chi connectivity index (χ3n) is 2.82. The first-order chi connectivity index (χ1) is 10.0. The van der Waals surface area contributed by atoms with Gasteiger partial charge < -0.3 is 5.11 Å². The van der Waals surface area contributed by atoms with E-state index in [0.29, 0.717) is 11.4 Å². The van der Waals surface area contributed by atoms with Crippen LogP contribution in [0, 0.1) is 5.82 Å². The number of carboxylic acids is 1. The fourth-order valence-corrected chi connectivity index (χ4v) is 3.29. The summed E-state index contributed by atoms with van der Waals surface area (Å²) in [5.74, 6) is -1.47. The molecule has 0 aliphatic heterocycles. The Morgan fingerprint density at radius 1 is 1.33 bits per heavy atom. The number of benzene rings is 1. The van der Waals surface area contributed by atoms with Gasteiger partial charge in [-0.15, -0.1) is 11.3 Å². The summed E-state index contributed by atoms with van der Waals surface area (Å²) in [6.07, 6.45) is 1.39. The number of aromatic nitrogens is 2. The number of hydrogen-bond acceptors (Lipinski definition) is 3. The number of nitrogens with zero attached hydrogens (tertiary/aromatic N) is 2. The summed E-state index contributed by atoms with van der Waals surface area (Å²) in [5.41, 5.74) is 0.912. The summed E-state index contributed by atoms with van der Waals surface area (Å²) in [4.78, 5) is 12.1. The van der Waals surface area contributed by atoms with E-state index >= 15 is 0 Å². The zero-order valence-corrected chi connectivity index (χ0v) is 12.9. The minimum absolute atomic E-state index is 0.0774. The van der Waals surface area contributed by atoms with Crippen molar-refractivity contribution in [1.82, 2.24) is 9.78 Å². The molecule has 3 rings (SSSR count). The van der Waals surface area contributed by atoms with E-state index < -0.39 is 11.8 Å². The minimum Gasteiger partial charge on any atom is -0.478 e. The summed E-state index contributed by atoms with van der Waals surface area (Å²) in [7, 11) is 0. The van der Waals surface area contributed by atoms with Crippen molar-refractivity contribution >= 4 is 33.2 Å². The van der Waals surface area contributed by atoms with E-state index in [9.17, 15) is 14.3 Å². The van der Waals surface area contributed by atoms with Crippen LogP contribution in [0.5, 0.6) is 0 Å². The lowest BCUT2D eigenvalue weighted by Crippen LogP contribution is -1.96. The van der Waals surface area contributed by atoms with Gasteiger partial charge in [0, 0.05) is 6.20 Å². The Labute approximate surface area is 131 Å². The lowest BCUT2D eigenvalue weighted by atomic mass is 10.2. The molecule has 3 aromatic rings. The second kappa shape index (κ2) is 5.42. The van der Waals surface area contributed by atoms with E-state index in [1.807, 2.05) is 6.07 Å². The van der Waals surface area contributed by atoms with Crippen molar-refractivity contribution in [1.29, 1.82) is 0 Å². The first-order valence-electron chi connectivity index (χ1n) is 5.89. The summed E-state index contributed by atoms with van der Waals surface area (Å²) in [6, 6.07) is 9.45. The maximum Gasteiger partial charge on any atom is 0.339 e. The topological polar surface area (TPSA) is 55.1 Å². The second-order valence-electron chi connectivity index (χ2n) is 4.22. The van der Waals surface area contributed by atoms with Gasteiger partial charge in [-0.2, -0.15) is 5.10 Å². The Balaban J connectivity index is 2.15. The predicted octanol–water partition coefficient (Wildman–Crippen LogP) is 4.20. The van der Waals surface area contributed by atoms with Gasteiger partial charge in [-0.05, 0) is 46.3 Å². The van der Waals surface area contributed by atoms with Crippen LogP contribution in [0.2, 0.25) is 0 Å². The molecule has 21 heavy (non-hydrogen) atoms. The van der Waals surface area contributed by atoms with Gasteiger partial charge in [0.1, 0.15) is 17.1 Å². The van der Waals surface area contributed by atoms with Crippen LogP contribution in [0.25, 0.3) is 16.3 Å². The number of halogens is 2. The van der Waals surface area contributed by atoms with Gasteiger partial charge in [0.05, 0.1) is 14.4 Å². The molecule has 0 unspecified atom stereocenters. The standard InChI is InChI=1S/C14H8BrFN2O2S/c15-12-5-4-11(21-12)13-10(14(19)20)7-18(17-13)9-3-1-2-8(16)6-9/h1-7H,(H,19,20). The van der Waals surface area contributed by atoms with Crippen molar-refractivity contribution in [3.8, 4) is 16.3 Å². The third kappa shape index (κ3) is 2.74. The van der Waals surface area contributed by atoms with E-state index in [4.69, 9.17) is 0 Å². The van der Waals surface area contributed by atoms with Crippen LogP contribution in [0.3, 0.4) is 0 Å². The van der Waals surface area contributed by atoms with Gasteiger partial charge >= 0.3 is 5.97 Å².